The van der Waals surface area contributed by atoms with Gasteiger partial charge in [-0.1, -0.05) is 12.1 Å². The Balaban J connectivity index is 1.65. The number of ether oxygens (including phenoxy) is 1. The van der Waals surface area contributed by atoms with Gasteiger partial charge < -0.3 is 20.2 Å². The summed E-state index contributed by atoms with van der Waals surface area (Å²) < 4.78 is 10.2. The molecule has 2 amide bonds. The van der Waals surface area contributed by atoms with E-state index in [9.17, 15) is 19.7 Å². The second-order valence-electron chi connectivity index (χ2n) is 6.59. The first-order valence-corrected chi connectivity index (χ1v) is 9.22. The van der Waals surface area contributed by atoms with Gasteiger partial charge >= 0.3 is 5.88 Å². The number of hydrogen-bond donors (Lipinski definition) is 2. The number of primary amides is 1. The molecule has 2 aromatic rings. The molecule has 1 aromatic carbocycles. The average Bonchev–Trinajstić information content (AvgIpc) is 3.18. The zero-order valence-corrected chi connectivity index (χ0v) is 15.8. The van der Waals surface area contributed by atoms with Crippen LogP contribution in [0, 0.1) is 10.1 Å². The predicted octanol–water partition coefficient (Wildman–Crippen LogP) is 1.41. The van der Waals surface area contributed by atoms with Crippen molar-refractivity contribution in [2.24, 2.45) is 5.73 Å². The Kier molecular flexibility index (Phi) is 6.57. The highest BCUT2D eigenvalue weighted by molar-refractivity contribution is 5.99. The lowest BCUT2D eigenvalue weighted by atomic mass is 10.0. The third-order valence-electron chi connectivity index (χ3n) is 4.60. The number of furan rings is 1. The van der Waals surface area contributed by atoms with Gasteiger partial charge in [-0.05, 0) is 30.7 Å². The molecule has 0 atom stereocenters. The molecule has 0 bridgehead atoms. The molecule has 0 aliphatic carbocycles. The van der Waals surface area contributed by atoms with E-state index in [0.717, 1.165) is 45.3 Å². The number of carbonyl (C=O) groups excluding carboxylic acids is 2. The molecule has 3 N–H and O–H groups in total. The molecule has 0 saturated carbocycles. The standard InChI is InChI=1S/C19H22N4O6/c20-18(24)17-15(12-16(29-17)23(26)27)13-3-1-4-14(11-13)19(25)21-5-2-6-22-7-9-28-10-8-22/h1,3-4,11-12H,2,5-10H2,(H2,20,24)(H,21,25). The molecule has 10 heteroatoms. The van der Waals surface area contributed by atoms with Crippen molar-refractivity contribution in [1.82, 2.24) is 10.2 Å². The van der Waals surface area contributed by atoms with Crippen LogP contribution in [0.5, 0.6) is 0 Å². The fourth-order valence-corrected chi connectivity index (χ4v) is 3.12. The molecule has 10 nitrogen and oxygen atoms in total. The molecular weight excluding hydrogens is 380 g/mol. The molecule has 1 aliphatic rings. The van der Waals surface area contributed by atoms with E-state index in [0.29, 0.717) is 17.7 Å². The summed E-state index contributed by atoms with van der Waals surface area (Å²) in [5.41, 5.74) is 6.23. The first-order chi connectivity index (χ1) is 14.0. The topological polar surface area (TPSA) is 141 Å². The minimum atomic E-state index is -0.925. The third-order valence-corrected chi connectivity index (χ3v) is 4.60. The fraction of sp³-hybridized carbons (Fsp3) is 0.368. The van der Waals surface area contributed by atoms with E-state index in [1.54, 1.807) is 24.3 Å². The Bertz CT molecular complexity index is 904. The highest BCUT2D eigenvalue weighted by Gasteiger charge is 2.24. The Morgan fingerprint density at radius 2 is 2.00 bits per heavy atom. The SMILES string of the molecule is NC(=O)c1oc([N+](=O)[O-])cc1-c1cccc(C(=O)NCCCN2CCOCC2)c1. The number of nitrogens with one attached hydrogen (secondary N) is 1. The minimum absolute atomic E-state index is 0.172. The summed E-state index contributed by atoms with van der Waals surface area (Å²) in [7, 11) is 0. The zero-order chi connectivity index (χ0) is 20.8. The number of amides is 2. The molecule has 1 aromatic heterocycles. The summed E-state index contributed by atoms with van der Waals surface area (Å²) in [6.07, 6.45) is 0.811. The van der Waals surface area contributed by atoms with Gasteiger partial charge in [0.15, 0.2) is 0 Å². The van der Waals surface area contributed by atoms with E-state index < -0.39 is 16.7 Å². The summed E-state index contributed by atoms with van der Waals surface area (Å²) >= 11 is 0. The first kappa shape index (κ1) is 20.5. The van der Waals surface area contributed by atoms with Crippen molar-refractivity contribution in [2.75, 3.05) is 39.4 Å². The third kappa shape index (κ3) is 5.18. The molecule has 0 unspecified atom stereocenters. The highest BCUT2D eigenvalue weighted by Crippen LogP contribution is 2.31. The van der Waals surface area contributed by atoms with Gasteiger partial charge in [0.05, 0.1) is 19.3 Å². The average molecular weight is 402 g/mol. The van der Waals surface area contributed by atoms with Crippen molar-refractivity contribution >= 4 is 17.7 Å². The molecule has 0 radical (unpaired) electrons. The summed E-state index contributed by atoms with van der Waals surface area (Å²) in [4.78, 5) is 36.5. The van der Waals surface area contributed by atoms with Crippen molar-refractivity contribution in [3.63, 3.8) is 0 Å². The number of nitrogens with two attached hydrogens (primary N) is 1. The molecule has 1 fully saturated rings. The van der Waals surface area contributed by atoms with Crippen LogP contribution in [0.25, 0.3) is 11.1 Å². The largest absolute Gasteiger partial charge is 0.434 e. The molecule has 1 aliphatic heterocycles. The van der Waals surface area contributed by atoms with Crippen molar-refractivity contribution in [3.8, 4) is 11.1 Å². The van der Waals surface area contributed by atoms with Crippen LogP contribution in [-0.4, -0.2) is 61.0 Å². The number of benzene rings is 1. The lowest BCUT2D eigenvalue weighted by molar-refractivity contribution is -0.402. The van der Waals surface area contributed by atoms with Gasteiger partial charge in [0.1, 0.15) is 4.92 Å². The predicted molar refractivity (Wildman–Crippen MR) is 104 cm³/mol. The molecule has 1 saturated heterocycles. The van der Waals surface area contributed by atoms with E-state index in [-0.39, 0.29) is 17.2 Å². The number of hydrogen-bond acceptors (Lipinski definition) is 7. The van der Waals surface area contributed by atoms with Gasteiger partial charge in [-0.3, -0.25) is 24.6 Å². The van der Waals surface area contributed by atoms with E-state index in [1.165, 1.54) is 0 Å². The Hall–Kier alpha value is -3.24. The number of morpholine rings is 1. The van der Waals surface area contributed by atoms with Crippen LogP contribution in [0.4, 0.5) is 5.88 Å². The molecule has 2 heterocycles. The maximum Gasteiger partial charge on any atom is 0.434 e. The van der Waals surface area contributed by atoms with Crippen LogP contribution >= 0.6 is 0 Å². The zero-order valence-electron chi connectivity index (χ0n) is 15.8. The van der Waals surface area contributed by atoms with E-state index in [4.69, 9.17) is 14.9 Å². The lowest BCUT2D eigenvalue weighted by Gasteiger charge is -2.26. The van der Waals surface area contributed by atoms with E-state index in [2.05, 4.69) is 10.2 Å². The molecular formula is C19H22N4O6. The minimum Gasteiger partial charge on any atom is -0.395 e. The fourth-order valence-electron chi connectivity index (χ4n) is 3.12. The summed E-state index contributed by atoms with van der Waals surface area (Å²) in [6, 6.07) is 7.54. The van der Waals surface area contributed by atoms with Crippen LogP contribution < -0.4 is 11.1 Å². The van der Waals surface area contributed by atoms with Gasteiger partial charge in [0.2, 0.25) is 5.76 Å². The molecule has 3 rings (SSSR count). The summed E-state index contributed by atoms with van der Waals surface area (Å²) in [5.74, 6) is -2.11. The van der Waals surface area contributed by atoms with E-state index in [1.807, 2.05) is 0 Å². The van der Waals surface area contributed by atoms with Crippen molar-refractivity contribution in [3.05, 3.63) is 51.8 Å². The lowest BCUT2D eigenvalue weighted by Crippen LogP contribution is -2.38. The van der Waals surface area contributed by atoms with Gasteiger partial charge in [0.25, 0.3) is 11.8 Å². The monoisotopic (exact) mass is 402 g/mol. The Morgan fingerprint density at radius 1 is 1.24 bits per heavy atom. The summed E-state index contributed by atoms with van der Waals surface area (Å²) in [5, 5.41) is 13.8. The Morgan fingerprint density at radius 3 is 2.69 bits per heavy atom. The Labute approximate surface area is 166 Å². The van der Waals surface area contributed by atoms with Crippen LogP contribution in [0.15, 0.2) is 34.7 Å². The number of nitro groups is 1. The normalized spacial score (nSPS) is 14.5. The number of carbonyl (C=O) groups is 2. The van der Waals surface area contributed by atoms with Crippen molar-refractivity contribution < 1.29 is 23.7 Å². The quantitative estimate of drug-likeness (QED) is 0.386. The molecule has 29 heavy (non-hydrogen) atoms. The molecule has 0 spiro atoms. The first-order valence-electron chi connectivity index (χ1n) is 9.22. The second kappa shape index (κ2) is 9.30. The summed E-state index contributed by atoms with van der Waals surface area (Å²) in [6.45, 7) is 4.66. The van der Waals surface area contributed by atoms with Crippen LogP contribution in [-0.2, 0) is 4.74 Å². The maximum absolute atomic E-state index is 12.4. The smallest absolute Gasteiger partial charge is 0.395 e. The van der Waals surface area contributed by atoms with Crippen molar-refractivity contribution in [2.45, 2.75) is 6.42 Å². The highest BCUT2D eigenvalue weighted by atomic mass is 16.6. The van der Waals surface area contributed by atoms with Crippen LogP contribution in [0.3, 0.4) is 0 Å². The van der Waals surface area contributed by atoms with Crippen LogP contribution in [0.2, 0.25) is 0 Å². The van der Waals surface area contributed by atoms with Gasteiger partial charge in [0, 0.05) is 30.8 Å². The number of nitrogens with zero attached hydrogens (tertiary/aromatic N) is 2. The van der Waals surface area contributed by atoms with Gasteiger partial charge in [-0.2, -0.15) is 0 Å². The second-order valence-corrected chi connectivity index (χ2v) is 6.59. The van der Waals surface area contributed by atoms with Gasteiger partial charge in [-0.15, -0.1) is 0 Å². The van der Waals surface area contributed by atoms with Crippen molar-refractivity contribution in [1.29, 1.82) is 0 Å². The van der Waals surface area contributed by atoms with E-state index >= 15 is 0 Å². The van der Waals surface area contributed by atoms with Gasteiger partial charge in [-0.25, -0.2) is 0 Å². The van der Waals surface area contributed by atoms with Crippen LogP contribution in [0.1, 0.15) is 27.3 Å². The number of rotatable bonds is 8. The maximum atomic E-state index is 12.4. The molecule has 154 valence electrons.